The van der Waals surface area contributed by atoms with Gasteiger partial charge in [0.1, 0.15) is 13.2 Å². The highest BCUT2D eigenvalue weighted by Crippen LogP contribution is 2.15. The third kappa shape index (κ3) is 46.7. The van der Waals surface area contributed by atoms with Crippen molar-refractivity contribution in [1.82, 2.24) is 0 Å². The summed E-state index contributed by atoms with van der Waals surface area (Å²) in [5.74, 6) is -0.891. The zero-order chi connectivity index (χ0) is 43.7. The van der Waals surface area contributed by atoms with Crippen molar-refractivity contribution in [2.75, 3.05) is 13.2 Å². The second-order valence-corrected chi connectivity index (χ2v) is 17.4. The summed E-state index contributed by atoms with van der Waals surface area (Å²) in [5, 5.41) is 0. The van der Waals surface area contributed by atoms with Gasteiger partial charge in [-0.1, -0.05) is 218 Å². The Morgan fingerprint density at radius 2 is 0.633 bits per heavy atom. The standard InChI is InChI=1S/C54H98O6/c1-4-7-10-13-16-19-22-25-26-27-30-32-35-38-41-44-47-53(56)59-50-51(60-54(57)48-45-42-39-36-33-29-24-21-18-15-12-9-6-3)49-58-52(55)46-43-40-37-34-31-28-23-20-17-14-11-8-5-2/h12,15,21,24,26-27,51H,4-11,13-14,16-20,22-23,25,28-50H2,1-3H3/b15-12-,24-21-,27-26-. The Bertz CT molecular complexity index is 1020. The first-order valence-electron chi connectivity index (χ1n) is 26.0. The monoisotopic (exact) mass is 843 g/mol. The number of allylic oxidation sites excluding steroid dienone is 6. The molecule has 0 aliphatic rings. The maximum absolute atomic E-state index is 12.8. The zero-order valence-corrected chi connectivity index (χ0v) is 40.0. The van der Waals surface area contributed by atoms with Gasteiger partial charge in [0.15, 0.2) is 6.10 Å². The Morgan fingerprint density at radius 3 is 1.00 bits per heavy atom. The summed E-state index contributed by atoms with van der Waals surface area (Å²) in [6.07, 6.45) is 56.9. The SMILES string of the molecule is CCC/C=C\C/C=C\CCCCCCCC(=O)OC(COC(=O)CCCCCCC/C=C\CCCCCCCCC)COC(=O)CCCCCCCCCCCCCCC. The van der Waals surface area contributed by atoms with Crippen molar-refractivity contribution in [3.63, 3.8) is 0 Å². The predicted molar refractivity (Wildman–Crippen MR) is 256 cm³/mol. The van der Waals surface area contributed by atoms with Crippen molar-refractivity contribution in [3.05, 3.63) is 36.5 Å². The molecular weight excluding hydrogens is 745 g/mol. The molecule has 0 amide bonds. The first kappa shape index (κ1) is 57.6. The average molecular weight is 843 g/mol. The lowest BCUT2D eigenvalue weighted by atomic mass is 10.0. The highest BCUT2D eigenvalue weighted by atomic mass is 16.6. The van der Waals surface area contributed by atoms with Gasteiger partial charge in [0.2, 0.25) is 0 Å². The maximum Gasteiger partial charge on any atom is 0.306 e. The predicted octanol–water partition coefficient (Wildman–Crippen LogP) is 16.9. The van der Waals surface area contributed by atoms with Crippen LogP contribution in [0.2, 0.25) is 0 Å². The molecular formula is C54H98O6. The summed E-state index contributed by atoms with van der Waals surface area (Å²) in [6, 6.07) is 0. The Labute approximate surface area is 372 Å². The van der Waals surface area contributed by atoms with E-state index in [1.807, 2.05) is 0 Å². The quantitative estimate of drug-likeness (QED) is 0.0263. The zero-order valence-electron chi connectivity index (χ0n) is 40.0. The summed E-state index contributed by atoms with van der Waals surface area (Å²) < 4.78 is 16.8. The van der Waals surface area contributed by atoms with Gasteiger partial charge >= 0.3 is 17.9 Å². The van der Waals surface area contributed by atoms with E-state index in [-0.39, 0.29) is 31.1 Å². The first-order valence-corrected chi connectivity index (χ1v) is 26.0. The highest BCUT2D eigenvalue weighted by molar-refractivity contribution is 5.71. The fourth-order valence-electron chi connectivity index (χ4n) is 7.42. The van der Waals surface area contributed by atoms with E-state index in [4.69, 9.17) is 14.2 Å². The molecule has 6 nitrogen and oxygen atoms in total. The molecule has 1 unspecified atom stereocenters. The van der Waals surface area contributed by atoms with E-state index < -0.39 is 6.10 Å². The minimum Gasteiger partial charge on any atom is -0.462 e. The summed E-state index contributed by atoms with van der Waals surface area (Å²) in [7, 11) is 0. The molecule has 0 saturated heterocycles. The molecule has 6 heteroatoms. The van der Waals surface area contributed by atoms with Gasteiger partial charge in [-0.2, -0.15) is 0 Å². The van der Waals surface area contributed by atoms with Crippen LogP contribution in [0.1, 0.15) is 271 Å². The molecule has 0 aliphatic heterocycles. The van der Waals surface area contributed by atoms with Crippen molar-refractivity contribution in [2.24, 2.45) is 0 Å². The number of carbonyl (C=O) groups excluding carboxylic acids is 3. The lowest BCUT2D eigenvalue weighted by Gasteiger charge is -2.18. The number of rotatable bonds is 47. The molecule has 350 valence electrons. The Balaban J connectivity index is 4.37. The van der Waals surface area contributed by atoms with Crippen LogP contribution in [0.4, 0.5) is 0 Å². The number of ether oxygens (including phenoxy) is 3. The second kappa shape index (κ2) is 49.3. The smallest absolute Gasteiger partial charge is 0.306 e. The molecule has 0 aromatic heterocycles. The van der Waals surface area contributed by atoms with Crippen LogP contribution < -0.4 is 0 Å². The molecule has 0 fully saturated rings. The highest BCUT2D eigenvalue weighted by Gasteiger charge is 2.19. The molecule has 0 radical (unpaired) electrons. The van der Waals surface area contributed by atoms with E-state index in [0.717, 1.165) is 96.3 Å². The van der Waals surface area contributed by atoms with Gasteiger partial charge in [-0.15, -0.1) is 0 Å². The topological polar surface area (TPSA) is 78.9 Å². The maximum atomic E-state index is 12.8. The molecule has 0 bridgehead atoms. The first-order chi connectivity index (χ1) is 29.5. The van der Waals surface area contributed by atoms with Crippen LogP contribution >= 0.6 is 0 Å². The van der Waals surface area contributed by atoms with Gasteiger partial charge < -0.3 is 14.2 Å². The van der Waals surface area contributed by atoms with E-state index in [1.54, 1.807) is 0 Å². The molecule has 1 atom stereocenters. The van der Waals surface area contributed by atoms with Gasteiger partial charge in [0.05, 0.1) is 0 Å². The van der Waals surface area contributed by atoms with E-state index in [1.165, 1.54) is 135 Å². The average Bonchev–Trinajstić information content (AvgIpc) is 3.24. The molecule has 0 saturated carbocycles. The van der Waals surface area contributed by atoms with Gasteiger partial charge in [-0.3, -0.25) is 14.4 Å². The number of hydrogen-bond donors (Lipinski definition) is 0. The van der Waals surface area contributed by atoms with Crippen molar-refractivity contribution >= 4 is 17.9 Å². The van der Waals surface area contributed by atoms with E-state index in [9.17, 15) is 14.4 Å². The molecule has 0 aromatic carbocycles. The summed E-state index contributed by atoms with van der Waals surface area (Å²) in [6.45, 7) is 6.57. The second-order valence-electron chi connectivity index (χ2n) is 17.4. The van der Waals surface area contributed by atoms with E-state index >= 15 is 0 Å². The van der Waals surface area contributed by atoms with E-state index in [0.29, 0.717) is 19.3 Å². The molecule has 0 rings (SSSR count). The minimum atomic E-state index is -0.778. The van der Waals surface area contributed by atoms with Gasteiger partial charge in [0.25, 0.3) is 0 Å². The van der Waals surface area contributed by atoms with Gasteiger partial charge in [0, 0.05) is 19.3 Å². The normalized spacial score (nSPS) is 12.2. The Kier molecular flexibility index (Phi) is 47.3. The van der Waals surface area contributed by atoms with E-state index in [2.05, 4.69) is 57.2 Å². The third-order valence-electron chi connectivity index (χ3n) is 11.3. The summed E-state index contributed by atoms with van der Waals surface area (Å²) >= 11 is 0. The van der Waals surface area contributed by atoms with Gasteiger partial charge in [-0.05, 0) is 70.6 Å². The largest absolute Gasteiger partial charge is 0.462 e. The minimum absolute atomic E-state index is 0.0777. The van der Waals surface area contributed by atoms with Crippen LogP contribution in [-0.4, -0.2) is 37.2 Å². The lowest BCUT2D eigenvalue weighted by Crippen LogP contribution is -2.30. The molecule has 0 spiro atoms. The van der Waals surface area contributed by atoms with Crippen molar-refractivity contribution < 1.29 is 28.6 Å². The molecule has 0 N–H and O–H groups in total. The number of hydrogen-bond acceptors (Lipinski definition) is 6. The van der Waals surface area contributed by atoms with Crippen LogP contribution in [0, 0.1) is 0 Å². The van der Waals surface area contributed by atoms with Crippen LogP contribution in [0.5, 0.6) is 0 Å². The number of unbranched alkanes of at least 4 members (excludes halogenated alkanes) is 30. The Morgan fingerprint density at radius 1 is 0.333 bits per heavy atom. The van der Waals surface area contributed by atoms with Crippen molar-refractivity contribution in [1.29, 1.82) is 0 Å². The van der Waals surface area contributed by atoms with Crippen molar-refractivity contribution in [2.45, 2.75) is 277 Å². The fraction of sp³-hybridized carbons (Fsp3) is 0.833. The summed E-state index contributed by atoms with van der Waals surface area (Å²) in [4.78, 5) is 37.9. The number of esters is 3. The van der Waals surface area contributed by atoms with Crippen LogP contribution in [0.15, 0.2) is 36.5 Å². The van der Waals surface area contributed by atoms with Crippen LogP contribution in [-0.2, 0) is 28.6 Å². The van der Waals surface area contributed by atoms with Crippen molar-refractivity contribution in [3.8, 4) is 0 Å². The molecule has 0 heterocycles. The molecule has 0 aliphatic carbocycles. The molecule has 60 heavy (non-hydrogen) atoms. The van der Waals surface area contributed by atoms with Crippen LogP contribution in [0.3, 0.4) is 0 Å². The van der Waals surface area contributed by atoms with Crippen LogP contribution in [0.25, 0.3) is 0 Å². The Hall–Kier alpha value is -2.37. The number of carbonyl (C=O) groups is 3. The molecule has 0 aromatic rings. The fourth-order valence-corrected chi connectivity index (χ4v) is 7.42. The third-order valence-corrected chi connectivity index (χ3v) is 11.3. The summed E-state index contributed by atoms with van der Waals surface area (Å²) in [5.41, 5.74) is 0. The lowest BCUT2D eigenvalue weighted by molar-refractivity contribution is -0.167. The van der Waals surface area contributed by atoms with Gasteiger partial charge in [-0.25, -0.2) is 0 Å².